The molecule has 1 amide bonds. The molecule has 0 aliphatic rings. The quantitative estimate of drug-likeness (QED) is 0.613. The van der Waals surface area contributed by atoms with Crippen molar-refractivity contribution in [3.63, 3.8) is 0 Å². The molecule has 0 aromatic carbocycles. The highest BCUT2D eigenvalue weighted by Crippen LogP contribution is 2.17. The second kappa shape index (κ2) is 4.13. The van der Waals surface area contributed by atoms with E-state index in [1.165, 1.54) is 0 Å². The van der Waals surface area contributed by atoms with Gasteiger partial charge in [-0.2, -0.15) is 0 Å². The minimum Gasteiger partial charge on any atom is -0.341 e. The Bertz CT molecular complexity index is 162. The van der Waals surface area contributed by atoms with E-state index in [0.717, 1.165) is 0 Å². The lowest BCUT2D eigenvalue weighted by atomic mass is 9.94. The number of nitrogens with zero attached hydrogens (tertiary/aromatic N) is 1. The summed E-state index contributed by atoms with van der Waals surface area (Å²) in [5.74, 6) is 0.619. The van der Waals surface area contributed by atoms with Gasteiger partial charge in [-0.15, -0.1) is 11.6 Å². The lowest BCUT2D eigenvalue weighted by Gasteiger charge is -2.29. The van der Waals surface area contributed by atoms with Crippen LogP contribution in [0.1, 0.15) is 27.7 Å². The SMILES string of the molecule is CC(CCl)N(C)C(=O)C(C)(C)C. The average molecular weight is 192 g/mol. The zero-order valence-corrected chi connectivity index (χ0v) is 9.27. The van der Waals surface area contributed by atoms with Gasteiger partial charge in [0.05, 0.1) is 0 Å². The molecule has 0 bridgehead atoms. The van der Waals surface area contributed by atoms with Gasteiger partial charge in [0.1, 0.15) is 0 Å². The van der Waals surface area contributed by atoms with Gasteiger partial charge in [-0.3, -0.25) is 4.79 Å². The van der Waals surface area contributed by atoms with Crippen molar-refractivity contribution in [2.45, 2.75) is 33.7 Å². The summed E-state index contributed by atoms with van der Waals surface area (Å²) < 4.78 is 0. The minimum atomic E-state index is -0.310. The molecule has 0 rings (SSSR count). The number of halogens is 1. The smallest absolute Gasteiger partial charge is 0.227 e. The summed E-state index contributed by atoms with van der Waals surface area (Å²) in [6.45, 7) is 7.67. The van der Waals surface area contributed by atoms with Crippen molar-refractivity contribution >= 4 is 17.5 Å². The van der Waals surface area contributed by atoms with Crippen molar-refractivity contribution in [3.8, 4) is 0 Å². The molecule has 12 heavy (non-hydrogen) atoms. The van der Waals surface area contributed by atoms with Crippen molar-refractivity contribution in [1.82, 2.24) is 4.90 Å². The zero-order chi connectivity index (χ0) is 9.94. The first-order valence-corrected chi connectivity index (χ1v) is 4.67. The van der Waals surface area contributed by atoms with Gasteiger partial charge < -0.3 is 4.90 Å². The van der Waals surface area contributed by atoms with Crippen LogP contribution >= 0.6 is 11.6 Å². The molecular weight excluding hydrogens is 174 g/mol. The number of rotatable bonds is 2. The first kappa shape index (κ1) is 11.8. The largest absolute Gasteiger partial charge is 0.341 e. The Balaban J connectivity index is 4.30. The van der Waals surface area contributed by atoms with Gasteiger partial charge >= 0.3 is 0 Å². The zero-order valence-electron chi connectivity index (χ0n) is 8.52. The summed E-state index contributed by atoms with van der Waals surface area (Å²) in [6.07, 6.45) is 0. The molecule has 0 saturated heterocycles. The Hall–Kier alpha value is -0.240. The predicted octanol–water partition coefficient (Wildman–Crippen LogP) is 2.12. The molecule has 0 aromatic heterocycles. The Morgan fingerprint density at radius 1 is 1.50 bits per heavy atom. The molecule has 0 aliphatic carbocycles. The molecule has 72 valence electrons. The molecule has 1 atom stereocenters. The van der Waals surface area contributed by atoms with Crippen LogP contribution in [0.5, 0.6) is 0 Å². The van der Waals surface area contributed by atoms with E-state index in [2.05, 4.69) is 0 Å². The molecule has 3 heteroatoms. The summed E-state index contributed by atoms with van der Waals surface area (Å²) in [7, 11) is 1.79. The third kappa shape index (κ3) is 3.02. The maximum Gasteiger partial charge on any atom is 0.227 e. The van der Waals surface area contributed by atoms with Crippen molar-refractivity contribution in [1.29, 1.82) is 0 Å². The van der Waals surface area contributed by atoms with Crippen LogP contribution in [-0.2, 0) is 4.79 Å². The highest BCUT2D eigenvalue weighted by atomic mass is 35.5. The van der Waals surface area contributed by atoms with Crippen molar-refractivity contribution in [2.24, 2.45) is 5.41 Å². The van der Waals surface area contributed by atoms with E-state index in [-0.39, 0.29) is 17.4 Å². The van der Waals surface area contributed by atoms with Gasteiger partial charge in [0, 0.05) is 24.4 Å². The maximum atomic E-state index is 11.6. The minimum absolute atomic E-state index is 0.110. The summed E-state index contributed by atoms with van der Waals surface area (Å²) in [6, 6.07) is 0.110. The fourth-order valence-corrected chi connectivity index (χ4v) is 1.04. The summed E-state index contributed by atoms with van der Waals surface area (Å²) >= 11 is 5.65. The lowest BCUT2D eigenvalue weighted by Crippen LogP contribution is -2.42. The molecule has 0 N–H and O–H groups in total. The molecule has 0 saturated carbocycles. The van der Waals surface area contributed by atoms with Crippen LogP contribution in [0.15, 0.2) is 0 Å². The monoisotopic (exact) mass is 191 g/mol. The van der Waals surface area contributed by atoms with Crippen LogP contribution in [0.4, 0.5) is 0 Å². The Morgan fingerprint density at radius 2 is 1.92 bits per heavy atom. The lowest BCUT2D eigenvalue weighted by molar-refractivity contribution is -0.139. The van der Waals surface area contributed by atoms with Gasteiger partial charge in [0.2, 0.25) is 5.91 Å². The summed E-state index contributed by atoms with van der Waals surface area (Å²) in [5, 5.41) is 0. The second-order valence-corrected chi connectivity index (χ2v) is 4.48. The molecule has 0 aromatic rings. The topological polar surface area (TPSA) is 20.3 Å². The van der Waals surface area contributed by atoms with Crippen molar-refractivity contribution in [2.75, 3.05) is 12.9 Å². The highest BCUT2D eigenvalue weighted by molar-refractivity contribution is 6.18. The standard InChI is InChI=1S/C9H18ClNO/c1-7(6-10)11(5)8(12)9(2,3)4/h7H,6H2,1-5H3. The summed E-state index contributed by atoms with van der Waals surface area (Å²) in [4.78, 5) is 13.3. The fourth-order valence-electron chi connectivity index (χ4n) is 0.833. The molecule has 0 radical (unpaired) electrons. The van der Waals surface area contributed by atoms with Crippen LogP contribution in [-0.4, -0.2) is 29.8 Å². The Morgan fingerprint density at radius 3 is 2.17 bits per heavy atom. The molecule has 0 fully saturated rings. The Kier molecular flexibility index (Phi) is 4.04. The van der Waals surface area contributed by atoms with E-state index in [9.17, 15) is 4.79 Å². The van der Waals surface area contributed by atoms with Crippen molar-refractivity contribution in [3.05, 3.63) is 0 Å². The fraction of sp³-hybridized carbons (Fsp3) is 0.889. The third-order valence-corrected chi connectivity index (χ3v) is 2.29. The van der Waals surface area contributed by atoms with Gasteiger partial charge in [0.25, 0.3) is 0 Å². The van der Waals surface area contributed by atoms with Gasteiger partial charge in [-0.25, -0.2) is 0 Å². The first-order valence-electron chi connectivity index (χ1n) is 4.14. The van der Waals surface area contributed by atoms with Gasteiger partial charge in [-0.1, -0.05) is 20.8 Å². The number of alkyl halides is 1. The van der Waals surface area contributed by atoms with Crippen LogP contribution in [0.3, 0.4) is 0 Å². The summed E-state index contributed by atoms with van der Waals surface area (Å²) in [5.41, 5.74) is -0.310. The molecular formula is C9H18ClNO. The molecule has 0 heterocycles. The van der Waals surface area contributed by atoms with Crippen LogP contribution in [0, 0.1) is 5.41 Å². The van der Waals surface area contributed by atoms with E-state index in [0.29, 0.717) is 5.88 Å². The first-order chi connectivity index (χ1) is 5.30. The highest BCUT2D eigenvalue weighted by Gasteiger charge is 2.26. The molecule has 2 nitrogen and oxygen atoms in total. The average Bonchev–Trinajstić information content (AvgIpc) is 1.98. The molecule has 0 aliphatic heterocycles. The predicted molar refractivity (Wildman–Crippen MR) is 52.4 cm³/mol. The Labute approximate surface area is 79.9 Å². The van der Waals surface area contributed by atoms with Gasteiger partial charge in [-0.05, 0) is 6.92 Å². The van der Waals surface area contributed by atoms with Crippen LogP contribution < -0.4 is 0 Å². The van der Waals surface area contributed by atoms with Crippen molar-refractivity contribution < 1.29 is 4.79 Å². The van der Waals surface area contributed by atoms with Gasteiger partial charge in [0.15, 0.2) is 0 Å². The maximum absolute atomic E-state index is 11.6. The molecule has 1 unspecified atom stereocenters. The number of carbonyl (C=O) groups is 1. The molecule has 0 spiro atoms. The number of carbonyl (C=O) groups excluding carboxylic acids is 1. The number of hydrogen-bond acceptors (Lipinski definition) is 1. The second-order valence-electron chi connectivity index (χ2n) is 4.17. The number of amides is 1. The number of hydrogen-bond donors (Lipinski definition) is 0. The van der Waals surface area contributed by atoms with E-state index in [1.807, 2.05) is 27.7 Å². The van der Waals surface area contributed by atoms with E-state index < -0.39 is 0 Å². The normalized spacial score (nSPS) is 14.2. The van der Waals surface area contributed by atoms with E-state index in [4.69, 9.17) is 11.6 Å². The third-order valence-electron chi connectivity index (χ3n) is 1.85. The van der Waals surface area contributed by atoms with Crippen LogP contribution in [0.2, 0.25) is 0 Å². The van der Waals surface area contributed by atoms with E-state index in [1.54, 1.807) is 11.9 Å². The van der Waals surface area contributed by atoms with Crippen LogP contribution in [0.25, 0.3) is 0 Å². The van der Waals surface area contributed by atoms with E-state index >= 15 is 0 Å².